The van der Waals surface area contributed by atoms with Crippen LogP contribution in [0.15, 0.2) is 141 Å². The van der Waals surface area contributed by atoms with E-state index in [1.54, 1.807) is 18.3 Å². The molecule has 0 saturated carbocycles. The largest absolute Gasteiger partial charge is 0.744 e. The van der Waals surface area contributed by atoms with E-state index in [-0.39, 0.29) is 28.4 Å². The van der Waals surface area contributed by atoms with Gasteiger partial charge in [-0.15, -0.1) is 0 Å². The summed E-state index contributed by atoms with van der Waals surface area (Å²) in [7, 11) is -4.62. The number of aryl methyl sites for hydroxylation is 1. The maximum atomic E-state index is 10.4. The Bertz CT molecular complexity index is 1760. The molecule has 9 nitrogen and oxygen atoms in total. The maximum absolute atomic E-state index is 10.4. The van der Waals surface area contributed by atoms with Crippen LogP contribution in [0.1, 0.15) is 39.0 Å². The van der Waals surface area contributed by atoms with Gasteiger partial charge in [0.2, 0.25) is 0 Å². The molecule has 4 aromatic carbocycles. The Balaban J connectivity index is 0.000000435. The van der Waals surface area contributed by atoms with Crippen molar-refractivity contribution in [3.63, 3.8) is 0 Å². The summed E-state index contributed by atoms with van der Waals surface area (Å²) in [5.41, 5.74) is 1.82. The first-order chi connectivity index (χ1) is 24.0. The third-order valence-corrected chi connectivity index (χ3v) is 10.1. The van der Waals surface area contributed by atoms with Crippen molar-refractivity contribution in [2.75, 3.05) is 13.2 Å². The maximum Gasteiger partial charge on any atom is 0.196 e. The molecule has 11 heteroatoms. The molecule has 1 aromatic heterocycles. The summed E-state index contributed by atoms with van der Waals surface area (Å²) < 4.78 is 59.9. The molecule has 0 aliphatic rings. The first kappa shape index (κ1) is 38.4. The van der Waals surface area contributed by atoms with Gasteiger partial charge in [-0.3, -0.25) is 4.98 Å². The Kier molecular flexibility index (Phi) is 14.7. The smallest absolute Gasteiger partial charge is 0.196 e. The van der Waals surface area contributed by atoms with Crippen LogP contribution in [0.5, 0.6) is 17.2 Å². The molecule has 0 aliphatic carbocycles. The number of nitrogens with zero attached hydrogens (tertiary/aromatic N) is 1. The number of hydrogen-bond acceptors (Lipinski definition) is 9. The minimum absolute atomic E-state index is 0.178. The molecule has 264 valence electrons. The predicted octanol–water partition coefficient (Wildman–Crippen LogP) is 8.18. The monoisotopic (exact) mass is 717 g/mol. The molecule has 2 atom stereocenters. The summed E-state index contributed by atoms with van der Waals surface area (Å²) in [6.45, 7) is 11.2. The van der Waals surface area contributed by atoms with Gasteiger partial charge in [-0.25, -0.2) is 8.42 Å². The standard InChI is InChI=1S/C32H36NO5S.C7H8O3S/c1-5-34-24(3)37-28-12-18-31(19-13-28)39(32-20-14-29(15-21-32)38-25(4)35-6-2)30-16-10-27(11-17-30)36-23-26-9-7-8-22-33-26;1-6-2-4-7(5-3-6)11(8,9)10/h7-22,24-25H,5-6,23H2,1-4H3;2-5H,1H3,(H,8,9,10)/q+1;/p-1. The van der Waals surface area contributed by atoms with Crippen molar-refractivity contribution in [1.82, 2.24) is 4.98 Å². The van der Waals surface area contributed by atoms with E-state index < -0.39 is 10.1 Å². The highest BCUT2D eigenvalue weighted by molar-refractivity contribution is 7.97. The van der Waals surface area contributed by atoms with Crippen molar-refractivity contribution < 1.29 is 36.7 Å². The summed E-state index contributed by atoms with van der Waals surface area (Å²) in [6, 6.07) is 36.3. The molecule has 0 fully saturated rings. The summed E-state index contributed by atoms with van der Waals surface area (Å²) in [4.78, 5) is 7.67. The molecule has 1 heterocycles. The number of ether oxygens (including phenoxy) is 5. The zero-order valence-corrected chi connectivity index (χ0v) is 30.5. The number of rotatable bonds is 15. The number of benzene rings is 4. The van der Waals surface area contributed by atoms with Crippen LogP contribution in [-0.2, 0) is 37.1 Å². The Hall–Kier alpha value is -4.39. The second-order valence-corrected chi connectivity index (χ2v) is 14.3. The highest BCUT2D eigenvalue weighted by atomic mass is 32.2. The normalized spacial score (nSPS) is 12.9. The second kappa shape index (κ2) is 19.1. The van der Waals surface area contributed by atoms with Gasteiger partial charge in [0.25, 0.3) is 0 Å². The lowest BCUT2D eigenvalue weighted by Crippen LogP contribution is -2.16. The zero-order valence-electron chi connectivity index (χ0n) is 28.9. The Labute approximate surface area is 298 Å². The van der Waals surface area contributed by atoms with Crippen LogP contribution < -0.4 is 14.2 Å². The first-order valence-electron chi connectivity index (χ1n) is 16.2. The van der Waals surface area contributed by atoms with Gasteiger partial charge in [0.15, 0.2) is 27.3 Å². The Morgan fingerprint density at radius 2 is 1.12 bits per heavy atom. The van der Waals surface area contributed by atoms with Crippen LogP contribution in [0.3, 0.4) is 0 Å². The van der Waals surface area contributed by atoms with Gasteiger partial charge in [-0.1, -0.05) is 23.8 Å². The molecular formula is C39H43NO8S2. The molecule has 0 radical (unpaired) electrons. The molecular weight excluding hydrogens is 675 g/mol. The third-order valence-electron chi connectivity index (χ3n) is 7.01. The van der Waals surface area contributed by atoms with Gasteiger partial charge in [-0.05, 0) is 132 Å². The van der Waals surface area contributed by atoms with E-state index in [1.807, 2.05) is 89.2 Å². The minimum Gasteiger partial charge on any atom is -0.744 e. The van der Waals surface area contributed by atoms with Gasteiger partial charge < -0.3 is 28.2 Å². The number of hydrogen-bond donors (Lipinski definition) is 0. The minimum atomic E-state index is -4.27. The number of aromatic nitrogens is 1. The third kappa shape index (κ3) is 12.2. The summed E-state index contributed by atoms with van der Waals surface area (Å²) >= 11 is 0. The highest BCUT2D eigenvalue weighted by Gasteiger charge is 2.29. The van der Waals surface area contributed by atoms with E-state index in [4.69, 9.17) is 23.7 Å². The lowest BCUT2D eigenvalue weighted by molar-refractivity contribution is -0.0616. The fourth-order valence-corrected chi connectivity index (χ4v) is 7.17. The van der Waals surface area contributed by atoms with E-state index in [2.05, 4.69) is 41.4 Å². The van der Waals surface area contributed by atoms with Gasteiger partial charge in [0, 0.05) is 19.4 Å². The van der Waals surface area contributed by atoms with E-state index in [0.717, 1.165) is 28.5 Å². The number of pyridine rings is 1. The molecule has 2 unspecified atom stereocenters. The lowest BCUT2D eigenvalue weighted by Gasteiger charge is -2.15. The van der Waals surface area contributed by atoms with Gasteiger partial charge in [0.05, 0.1) is 21.5 Å². The molecule has 0 N–H and O–H groups in total. The Morgan fingerprint density at radius 1 is 0.660 bits per heavy atom. The van der Waals surface area contributed by atoms with Crippen molar-refractivity contribution in [3.8, 4) is 17.2 Å². The first-order valence-corrected chi connectivity index (χ1v) is 18.8. The van der Waals surface area contributed by atoms with Gasteiger partial charge in [-0.2, -0.15) is 0 Å². The second-order valence-electron chi connectivity index (χ2n) is 10.9. The van der Waals surface area contributed by atoms with Crippen molar-refractivity contribution in [3.05, 3.63) is 133 Å². The van der Waals surface area contributed by atoms with Crippen LogP contribution >= 0.6 is 0 Å². The molecule has 0 spiro atoms. The van der Waals surface area contributed by atoms with E-state index in [0.29, 0.717) is 19.8 Å². The predicted molar refractivity (Wildman–Crippen MR) is 193 cm³/mol. The lowest BCUT2D eigenvalue weighted by atomic mass is 10.2. The molecule has 50 heavy (non-hydrogen) atoms. The molecule has 0 saturated heterocycles. The van der Waals surface area contributed by atoms with E-state index in [1.165, 1.54) is 26.8 Å². The highest BCUT2D eigenvalue weighted by Crippen LogP contribution is 2.34. The molecule has 0 bridgehead atoms. The van der Waals surface area contributed by atoms with Crippen LogP contribution in [0.4, 0.5) is 0 Å². The molecule has 0 aliphatic heterocycles. The van der Waals surface area contributed by atoms with E-state index in [9.17, 15) is 13.0 Å². The fraction of sp³-hybridized carbons (Fsp3) is 0.256. The summed E-state index contributed by atoms with van der Waals surface area (Å²) in [5.74, 6) is 2.35. The van der Waals surface area contributed by atoms with Crippen molar-refractivity contribution in [1.29, 1.82) is 0 Å². The average Bonchev–Trinajstić information content (AvgIpc) is 3.10. The van der Waals surface area contributed by atoms with Crippen molar-refractivity contribution in [2.45, 2.75) is 73.4 Å². The summed E-state index contributed by atoms with van der Waals surface area (Å²) in [6.07, 6.45) is 1.17. The summed E-state index contributed by atoms with van der Waals surface area (Å²) in [5, 5.41) is 0. The van der Waals surface area contributed by atoms with Gasteiger partial charge in [0.1, 0.15) is 34.0 Å². The molecule has 0 amide bonds. The van der Waals surface area contributed by atoms with E-state index >= 15 is 0 Å². The van der Waals surface area contributed by atoms with Crippen LogP contribution in [0, 0.1) is 6.92 Å². The van der Waals surface area contributed by atoms with Crippen molar-refractivity contribution >= 4 is 21.0 Å². The zero-order chi connectivity index (χ0) is 35.9. The molecule has 5 aromatic rings. The topological polar surface area (TPSA) is 116 Å². The quantitative estimate of drug-likeness (QED) is 0.0601. The average molecular weight is 718 g/mol. The van der Waals surface area contributed by atoms with Crippen molar-refractivity contribution in [2.24, 2.45) is 0 Å². The molecule has 5 rings (SSSR count). The van der Waals surface area contributed by atoms with Crippen LogP contribution in [0.2, 0.25) is 0 Å². The van der Waals surface area contributed by atoms with Crippen LogP contribution in [-0.4, -0.2) is 43.7 Å². The Morgan fingerprint density at radius 3 is 1.52 bits per heavy atom. The fourth-order valence-electron chi connectivity index (χ4n) is 4.66. The van der Waals surface area contributed by atoms with Gasteiger partial charge >= 0.3 is 0 Å². The SMILES string of the molecule is CCOC(C)Oc1ccc([S+](c2ccc(OCc3ccccn3)cc2)c2ccc(OC(C)OCC)cc2)cc1.Cc1ccc(S(=O)(=O)[O-])cc1. The van der Waals surface area contributed by atoms with Crippen LogP contribution in [0.25, 0.3) is 0 Å².